The monoisotopic (exact) mass is 381 g/mol. The largest absolute Gasteiger partial charge is 0.460 e. The number of hydrogen-bond donors (Lipinski definition) is 1. The van der Waals surface area contributed by atoms with Crippen molar-refractivity contribution < 1.29 is 9.53 Å². The molecule has 1 aliphatic heterocycles. The van der Waals surface area contributed by atoms with Gasteiger partial charge in [-0.25, -0.2) is 4.79 Å². The standard InChI is InChI=1S/C17H24BrN3O2/c1-4-23-17(22)16(21-10-12(2)9-13(3)11-21)20-19-15-7-5-14(18)6-8-15/h5-8,12-13,19H,4,9-11H2,1-3H3/b20-16-/t12-,13+. The molecule has 126 valence electrons. The van der Waals surface area contributed by atoms with Crippen molar-refractivity contribution in [1.29, 1.82) is 0 Å². The van der Waals surface area contributed by atoms with Crippen LogP contribution in [0.4, 0.5) is 5.69 Å². The van der Waals surface area contributed by atoms with Crippen molar-refractivity contribution in [2.75, 3.05) is 25.1 Å². The van der Waals surface area contributed by atoms with Gasteiger partial charge < -0.3 is 9.64 Å². The molecule has 23 heavy (non-hydrogen) atoms. The molecule has 1 heterocycles. The van der Waals surface area contributed by atoms with Gasteiger partial charge >= 0.3 is 5.97 Å². The molecule has 1 aromatic rings. The summed E-state index contributed by atoms with van der Waals surface area (Å²) in [7, 11) is 0. The maximum Gasteiger partial charge on any atom is 0.375 e. The Bertz CT molecular complexity index is 549. The van der Waals surface area contributed by atoms with Crippen LogP contribution < -0.4 is 5.43 Å². The lowest BCUT2D eigenvalue weighted by atomic mass is 9.92. The zero-order chi connectivity index (χ0) is 16.8. The summed E-state index contributed by atoms with van der Waals surface area (Å²) in [5.41, 5.74) is 3.79. The number of hydrazone groups is 1. The lowest BCUT2D eigenvalue weighted by Crippen LogP contribution is -2.46. The summed E-state index contributed by atoms with van der Waals surface area (Å²) in [4.78, 5) is 14.3. The number of nitrogens with zero attached hydrogens (tertiary/aromatic N) is 2. The second-order valence-corrected chi connectivity index (χ2v) is 7.04. The highest BCUT2D eigenvalue weighted by Crippen LogP contribution is 2.22. The summed E-state index contributed by atoms with van der Waals surface area (Å²) in [5, 5.41) is 4.34. The van der Waals surface area contributed by atoms with Gasteiger partial charge in [0.25, 0.3) is 0 Å². The summed E-state index contributed by atoms with van der Waals surface area (Å²) >= 11 is 3.40. The van der Waals surface area contributed by atoms with E-state index in [1.165, 1.54) is 6.42 Å². The molecule has 1 aliphatic rings. The number of benzene rings is 1. The molecule has 0 unspecified atom stereocenters. The van der Waals surface area contributed by atoms with Crippen LogP contribution in [0.2, 0.25) is 0 Å². The lowest BCUT2D eigenvalue weighted by molar-refractivity contribution is -0.136. The van der Waals surface area contributed by atoms with Gasteiger partial charge in [0.05, 0.1) is 12.3 Å². The average molecular weight is 382 g/mol. The molecule has 1 saturated heterocycles. The molecule has 0 spiro atoms. The Morgan fingerprint density at radius 3 is 2.48 bits per heavy atom. The number of ether oxygens (including phenoxy) is 1. The Balaban J connectivity index is 2.17. The molecule has 2 rings (SSSR count). The maximum atomic E-state index is 12.3. The number of anilines is 1. The van der Waals surface area contributed by atoms with Crippen LogP contribution in [-0.4, -0.2) is 36.4 Å². The number of carbonyl (C=O) groups is 1. The van der Waals surface area contributed by atoms with Gasteiger partial charge in [0.2, 0.25) is 5.84 Å². The highest BCUT2D eigenvalue weighted by molar-refractivity contribution is 9.10. The van der Waals surface area contributed by atoms with Gasteiger partial charge in [-0.1, -0.05) is 29.8 Å². The number of amidine groups is 1. The maximum absolute atomic E-state index is 12.3. The van der Waals surface area contributed by atoms with E-state index < -0.39 is 0 Å². The minimum absolute atomic E-state index is 0.342. The Morgan fingerprint density at radius 1 is 1.30 bits per heavy atom. The van der Waals surface area contributed by atoms with E-state index in [1.807, 2.05) is 29.2 Å². The fourth-order valence-electron chi connectivity index (χ4n) is 2.92. The van der Waals surface area contributed by atoms with Crippen LogP contribution in [0, 0.1) is 11.8 Å². The third kappa shape index (κ3) is 5.23. The van der Waals surface area contributed by atoms with Crippen molar-refractivity contribution in [2.24, 2.45) is 16.9 Å². The van der Waals surface area contributed by atoms with Crippen molar-refractivity contribution in [1.82, 2.24) is 4.90 Å². The van der Waals surface area contributed by atoms with Crippen molar-refractivity contribution >= 4 is 33.4 Å². The Kier molecular flexibility index (Phi) is 6.45. The first kappa shape index (κ1) is 17.8. The number of likely N-dealkylation sites (tertiary alicyclic amines) is 1. The average Bonchev–Trinajstić information content (AvgIpc) is 2.48. The van der Waals surface area contributed by atoms with E-state index in [9.17, 15) is 4.79 Å². The smallest absolute Gasteiger partial charge is 0.375 e. The summed E-state index contributed by atoms with van der Waals surface area (Å²) in [6, 6.07) is 7.65. The van der Waals surface area contributed by atoms with E-state index in [2.05, 4.69) is 40.3 Å². The van der Waals surface area contributed by atoms with Crippen molar-refractivity contribution in [3.63, 3.8) is 0 Å². The van der Waals surface area contributed by atoms with Gasteiger partial charge in [-0.2, -0.15) is 0 Å². The third-order valence-corrected chi connectivity index (χ3v) is 4.29. The molecule has 0 bridgehead atoms. The van der Waals surface area contributed by atoms with Gasteiger partial charge in [-0.3, -0.25) is 5.43 Å². The zero-order valence-corrected chi connectivity index (χ0v) is 15.5. The van der Waals surface area contributed by atoms with Gasteiger partial charge in [0.1, 0.15) is 0 Å². The summed E-state index contributed by atoms with van der Waals surface area (Å²) in [6.07, 6.45) is 1.17. The molecular formula is C17H24BrN3O2. The topological polar surface area (TPSA) is 53.9 Å². The van der Waals surface area contributed by atoms with Crippen molar-refractivity contribution in [3.05, 3.63) is 28.7 Å². The van der Waals surface area contributed by atoms with Crippen LogP contribution in [0.15, 0.2) is 33.8 Å². The Morgan fingerprint density at radius 2 is 1.91 bits per heavy atom. The highest BCUT2D eigenvalue weighted by atomic mass is 79.9. The number of carbonyl (C=O) groups excluding carboxylic acids is 1. The number of piperidine rings is 1. The van der Waals surface area contributed by atoms with Crippen molar-refractivity contribution in [3.8, 4) is 0 Å². The molecule has 0 aliphatic carbocycles. The van der Waals surface area contributed by atoms with Gasteiger partial charge in [-0.05, 0) is 49.4 Å². The van der Waals surface area contributed by atoms with E-state index in [0.717, 1.165) is 23.2 Å². The molecule has 5 nitrogen and oxygen atoms in total. The van der Waals surface area contributed by atoms with Crippen LogP contribution in [-0.2, 0) is 9.53 Å². The Labute approximate surface area is 146 Å². The molecule has 1 N–H and O–H groups in total. The number of rotatable bonds is 3. The van der Waals surface area contributed by atoms with E-state index in [1.54, 1.807) is 6.92 Å². The minimum atomic E-state index is -0.376. The van der Waals surface area contributed by atoms with Crippen LogP contribution in [0.25, 0.3) is 0 Å². The summed E-state index contributed by atoms with van der Waals surface area (Å²) in [6.45, 7) is 8.20. The number of esters is 1. The van der Waals surface area contributed by atoms with Gasteiger partial charge in [0, 0.05) is 17.6 Å². The van der Waals surface area contributed by atoms with Gasteiger partial charge in [-0.15, -0.1) is 5.10 Å². The van der Waals surface area contributed by atoms with Crippen molar-refractivity contribution in [2.45, 2.75) is 27.2 Å². The lowest BCUT2D eigenvalue weighted by Gasteiger charge is -2.36. The fourth-order valence-corrected chi connectivity index (χ4v) is 3.18. The SMILES string of the molecule is CCOC(=O)/C(=N/Nc1ccc(Br)cc1)N1C[C@H](C)C[C@H](C)C1. The van der Waals surface area contributed by atoms with E-state index in [4.69, 9.17) is 4.74 Å². The first-order valence-corrected chi connectivity index (χ1v) is 8.80. The second-order valence-electron chi connectivity index (χ2n) is 6.13. The first-order chi connectivity index (χ1) is 11.0. The number of hydrogen-bond acceptors (Lipinski definition) is 4. The summed E-state index contributed by atoms with van der Waals surface area (Å²) < 4.78 is 6.17. The van der Waals surface area contributed by atoms with Crippen LogP contribution >= 0.6 is 15.9 Å². The second kappa shape index (κ2) is 8.34. The van der Waals surface area contributed by atoms with E-state index in [-0.39, 0.29) is 5.97 Å². The predicted molar refractivity (Wildman–Crippen MR) is 96.4 cm³/mol. The first-order valence-electron chi connectivity index (χ1n) is 8.01. The highest BCUT2D eigenvalue weighted by Gasteiger charge is 2.28. The molecule has 6 heteroatoms. The predicted octanol–water partition coefficient (Wildman–Crippen LogP) is 3.72. The molecular weight excluding hydrogens is 358 g/mol. The molecule has 1 fully saturated rings. The Hall–Kier alpha value is -1.56. The minimum Gasteiger partial charge on any atom is -0.460 e. The van der Waals surface area contributed by atoms with Gasteiger partial charge in [0.15, 0.2) is 0 Å². The molecule has 0 radical (unpaired) electrons. The molecule has 0 amide bonds. The summed E-state index contributed by atoms with van der Waals surface area (Å²) in [5.74, 6) is 1.05. The normalized spacial score (nSPS) is 21.9. The number of nitrogens with one attached hydrogen (secondary N) is 1. The van der Waals surface area contributed by atoms with E-state index in [0.29, 0.717) is 24.3 Å². The molecule has 2 atom stereocenters. The number of halogens is 1. The van der Waals surface area contributed by atoms with Crippen LogP contribution in [0.5, 0.6) is 0 Å². The quantitative estimate of drug-likeness (QED) is 0.375. The fraction of sp³-hybridized carbons (Fsp3) is 0.529. The van der Waals surface area contributed by atoms with E-state index >= 15 is 0 Å². The van der Waals surface area contributed by atoms with Crippen LogP contribution in [0.3, 0.4) is 0 Å². The van der Waals surface area contributed by atoms with Crippen LogP contribution in [0.1, 0.15) is 27.2 Å². The zero-order valence-electron chi connectivity index (χ0n) is 13.9. The third-order valence-electron chi connectivity index (χ3n) is 3.76. The molecule has 0 saturated carbocycles. The molecule has 1 aromatic carbocycles. The molecule has 0 aromatic heterocycles.